The standard InChI is InChI=1S/C20H20N4O2S/c21-24(14-8-9-14)19-16(6-2-10-22-19)20(26)23-18(17-7-3-11-27-17)13-4-1-5-15(25)12-13/h1-7,10-12,14,18,25H,8-9,21H2,(H,23,26). The molecule has 0 spiro atoms. The van der Waals surface area contributed by atoms with Crippen LogP contribution in [0.15, 0.2) is 60.1 Å². The summed E-state index contributed by atoms with van der Waals surface area (Å²) in [6.07, 6.45) is 3.66. The fourth-order valence-electron chi connectivity index (χ4n) is 2.99. The molecule has 0 bridgehead atoms. The Hall–Kier alpha value is -2.90. The van der Waals surface area contributed by atoms with E-state index in [2.05, 4.69) is 10.3 Å². The van der Waals surface area contributed by atoms with E-state index in [1.165, 1.54) is 0 Å². The van der Waals surface area contributed by atoms with Crippen LogP contribution >= 0.6 is 11.3 Å². The van der Waals surface area contributed by atoms with E-state index in [9.17, 15) is 9.90 Å². The fraction of sp³-hybridized carbons (Fsp3) is 0.200. The number of thiophene rings is 1. The van der Waals surface area contributed by atoms with Gasteiger partial charge >= 0.3 is 0 Å². The zero-order valence-corrected chi connectivity index (χ0v) is 15.4. The van der Waals surface area contributed by atoms with Gasteiger partial charge in [-0.1, -0.05) is 18.2 Å². The highest BCUT2D eigenvalue weighted by Gasteiger charge is 2.31. The van der Waals surface area contributed by atoms with Crippen LogP contribution in [0.2, 0.25) is 0 Å². The van der Waals surface area contributed by atoms with Crippen molar-refractivity contribution in [3.63, 3.8) is 0 Å². The molecule has 138 valence electrons. The minimum absolute atomic E-state index is 0.159. The molecule has 0 radical (unpaired) electrons. The molecule has 2 heterocycles. The van der Waals surface area contributed by atoms with E-state index in [1.54, 1.807) is 52.9 Å². The van der Waals surface area contributed by atoms with Gasteiger partial charge in [-0.3, -0.25) is 9.80 Å². The summed E-state index contributed by atoms with van der Waals surface area (Å²) in [6.45, 7) is 0. The van der Waals surface area contributed by atoms with Crippen LogP contribution in [-0.4, -0.2) is 22.0 Å². The number of anilines is 1. The third kappa shape index (κ3) is 3.79. The predicted molar refractivity (Wildman–Crippen MR) is 106 cm³/mol. The molecule has 1 aliphatic rings. The third-order valence-electron chi connectivity index (χ3n) is 4.52. The second kappa shape index (κ2) is 7.38. The first-order valence-electron chi connectivity index (χ1n) is 8.75. The van der Waals surface area contributed by atoms with E-state index in [0.29, 0.717) is 11.4 Å². The maximum absolute atomic E-state index is 13.1. The Kier molecular flexibility index (Phi) is 4.79. The van der Waals surface area contributed by atoms with E-state index in [1.807, 2.05) is 23.6 Å². The summed E-state index contributed by atoms with van der Waals surface area (Å²) < 4.78 is 0. The van der Waals surface area contributed by atoms with Crippen LogP contribution in [0.1, 0.15) is 39.7 Å². The highest BCUT2D eigenvalue weighted by atomic mass is 32.1. The van der Waals surface area contributed by atoms with Crippen molar-refractivity contribution in [3.05, 3.63) is 76.1 Å². The van der Waals surface area contributed by atoms with Crippen LogP contribution in [0.4, 0.5) is 5.82 Å². The first kappa shape index (κ1) is 17.5. The van der Waals surface area contributed by atoms with Gasteiger partial charge in [0.05, 0.1) is 11.6 Å². The molecular formula is C20H20N4O2S. The molecule has 2 aromatic heterocycles. The number of carbonyl (C=O) groups is 1. The van der Waals surface area contributed by atoms with Crippen molar-refractivity contribution in [2.75, 3.05) is 5.01 Å². The Morgan fingerprint density at radius 3 is 2.81 bits per heavy atom. The first-order chi connectivity index (χ1) is 13.1. The molecule has 4 N–H and O–H groups in total. The molecular weight excluding hydrogens is 360 g/mol. The van der Waals surface area contributed by atoms with Crippen molar-refractivity contribution in [1.29, 1.82) is 0 Å². The third-order valence-corrected chi connectivity index (χ3v) is 5.46. The summed E-state index contributed by atoms with van der Waals surface area (Å²) in [7, 11) is 0. The number of aromatic hydroxyl groups is 1. The Bertz CT molecular complexity index is 941. The summed E-state index contributed by atoms with van der Waals surface area (Å²) in [5, 5.41) is 16.5. The Labute approximate surface area is 161 Å². The van der Waals surface area contributed by atoms with Gasteiger partial charge in [-0.05, 0) is 54.1 Å². The molecule has 1 amide bonds. The lowest BCUT2D eigenvalue weighted by Gasteiger charge is -2.22. The zero-order valence-electron chi connectivity index (χ0n) is 14.6. The maximum atomic E-state index is 13.1. The summed E-state index contributed by atoms with van der Waals surface area (Å²) in [6, 6.07) is 14.1. The summed E-state index contributed by atoms with van der Waals surface area (Å²) >= 11 is 1.55. The largest absolute Gasteiger partial charge is 0.508 e. The molecule has 27 heavy (non-hydrogen) atoms. The second-order valence-electron chi connectivity index (χ2n) is 6.53. The topological polar surface area (TPSA) is 91.5 Å². The van der Waals surface area contributed by atoms with E-state index < -0.39 is 0 Å². The number of amides is 1. The van der Waals surface area contributed by atoms with E-state index in [-0.39, 0.29) is 23.7 Å². The van der Waals surface area contributed by atoms with Crippen LogP contribution < -0.4 is 16.2 Å². The maximum Gasteiger partial charge on any atom is 0.255 e. The van der Waals surface area contributed by atoms with Gasteiger partial charge in [0.25, 0.3) is 5.91 Å². The van der Waals surface area contributed by atoms with Gasteiger partial charge in [-0.2, -0.15) is 0 Å². The van der Waals surface area contributed by atoms with E-state index >= 15 is 0 Å². The second-order valence-corrected chi connectivity index (χ2v) is 7.51. The average Bonchev–Trinajstić information content (AvgIpc) is 3.40. The van der Waals surface area contributed by atoms with Crippen LogP contribution in [0.5, 0.6) is 5.75 Å². The quantitative estimate of drug-likeness (QED) is 0.451. The number of nitrogens with one attached hydrogen (secondary N) is 1. The number of phenolic OH excluding ortho intramolecular Hbond substituents is 1. The van der Waals surface area contributed by atoms with Gasteiger partial charge in [0.2, 0.25) is 0 Å². The van der Waals surface area contributed by atoms with Crippen LogP contribution in [0.25, 0.3) is 0 Å². The summed E-state index contributed by atoms with van der Waals surface area (Å²) in [5.41, 5.74) is 1.25. The molecule has 6 nitrogen and oxygen atoms in total. The first-order valence-corrected chi connectivity index (χ1v) is 9.63. The van der Waals surface area contributed by atoms with E-state index in [4.69, 9.17) is 5.84 Å². The van der Waals surface area contributed by atoms with Gasteiger partial charge in [-0.25, -0.2) is 10.8 Å². The number of nitrogens with two attached hydrogens (primary N) is 1. The number of carbonyl (C=O) groups excluding carboxylic acids is 1. The van der Waals surface area contributed by atoms with Gasteiger partial charge < -0.3 is 10.4 Å². The number of rotatable bonds is 6. The Morgan fingerprint density at radius 2 is 2.11 bits per heavy atom. The predicted octanol–water partition coefficient (Wildman–Crippen LogP) is 3.21. The number of aromatic nitrogens is 1. The molecule has 1 aliphatic carbocycles. The number of hydrazine groups is 1. The summed E-state index contributed by atoms with van der Waals surface area (Å²) in [4.78, 5) is 18.4. The summed E-state index contributed by atoms with van der Waals surface area (Å²) in [5.74, 6) is 6.55. The van der Waals surface area contributed by atoms with E-state index in [0.717, 1.165) is 23.3 Å². The van der Waals surface area contributed by atoms with Crippen molar-refractivity contribution in [2.45, 2.75) is 24.9 Å². The molecule has 1 fully saturated rings. The van der Waals surface area contributed by atoms with Crippen LogP contribution in [0.3, 0.4) is 0 Å². The fourth-order valence-corrected chi connectivity index (χ4v) is 3.80. The number of hydrogen-bond donors (Lipinski definition) is 3. The lowest BCUT2D eigenvalue weighted by molar-refractivity contribution is 0.0943. The minimum Gasteiger partial charge on any atom is -0.508 e. The number of hydrogen-bond acceptors (Lipinski definition) is 6. The molecule has 3 aromatic rings. The number of phenols is 1. The van der Waals surface area contributed by atoms with Crippen LogP contribution in [0, 0.1) is 0 Å². The number of pyridine rings is 1. The molecule has 0 aliphatic heterocycles. The lowest BCUT2D eigenvalue weighted by atomic mass is 10.0. The molecule has 7 heteroatoms. The zero-order chi connectivity index (χ0) is 18.8. The molecule has 4 rings (SSSR count). The van der Waals surface area contributed by atoms with Gasteiger partial charge in [0.15, 0.2) is 5.82 Å². The van der Waals surface area contributed by atoms with Crippen LogP contribution in [-0.2, 0) is 0 Å². The van der Waals surface area contributed by atoms with Gasteiger partial charge in [-0.15, -0.1) is 11.3 Å². The lowest BCUT2D eigenvalue weighted by Crippen LogP contribution is -2.37. The minimum atomic E-state index is -0.371. The normalized spacial score (nSPS) is 14.6. The molecule has 1 aromatic carbocycles. The molecule has 0 saturated heterocycles. The molecule has 1 atom stereocenters. The highest BCUT2D eigenvalue weighted by molar-refractivity contribution is 7.10. The SMILES string of the molecule is NN(c1ncccc1C(=O)NC(c1cccc(O)c1)c1cccs1)C1CC1. The smallest absolute Gasteiger partial charge is 0.255 e. The van der Waals surface area contributed by atoms with Gasteiger partial charge in [0, 0.05) is 17.1 Å². The van der Waals surface area contributed by atoms with Crippen molar-refractivity contribution in [1.82, 2.24) is 10.3 Å². The Balaban J connectivity index is 1.65. The molecule has 1 unspecified atom stereocenters. The average molecular weight is 380 g/mol. The monoisotopic (exact) mass is 380 g/mol. The Morgan fingerprint density at radius 1 is 1.26 bits per heavy atom. The number of nitrogens with zero attached hydrogens (tertiary/aromatic N) is 2. The van der Waals surface area contributed by atoms with Crippen molar-refractivity contribution < 1.29 is 9.90 Å². The van der Waals surface area contributed by atoms with Crippen molar-refractivity contribution in [2.24, 2.45) is 5.84 Å². The van der Waals surface area contributed by atoms with Crippen molar-refractivity contribution in [3.8, 4) is 5.75 Å². The number of benzene rings is 1. The molecule has 1 saturated carbocycles. The highest BCUT2D eigenvalue weighted by Crippen LogP contribution is 2.31. The van der Waals surface area contributed by atoms with Gasteiger partial charge in [0.1, 0.15) is 5.75 Å². The van der Waals surface area contributed by atoms with Crippen molar-refractivity contribution >= 4 is 23.1 Å².